The molecule has 0 saturated heterocycles. The van der Waals surface area contributed by atoms with Crippen molar-refractivity contribution in [1.82, 2.24) is 4.90 Å². The topological polar surface area (TPSA) is 40.6 Å². The molecule has 0 fully saturated rings. The second kappa shape index (κ2) is 5.51. The number of sulfonamides is 1. The van der Waals surface area contributed by atoms with E-state index in [2.05, 4.69) is 0 Å². The number of likely N-dealkylation sites (N-methyl/N-ethyl adjacent to an activating group) is 1. The summed E-state index contributed by atoms with van der Waals surface area (Å²) in [6, 6.07) is 7.52. The normalized spacial score (nSPS) is 11.8. The summed E-state index contributed by atoms with van der Waals surface area (Å²) >= 11 is 0. The van der Waals surface area contributed by atoms with Gasteiger partial charge in [0.25, 0.3) is 0 Å². The molecule has 0 unspecified atom stereocenters. The SMILES string of the molecule is Cc1ccc(N(CCN(C)C)S(C)(=O)=O)cc1. The van der Waals surface area contributed by atoms with Gasteiger partial charge in [0.2, 0.25) is 10.0 Å². The van der Waals surface area contributed by atoms with Gasteiger partial charge in [0.15, 0.2) is 0 Å². The standard InChI is InChI=1S/C12H20N2O2S/c1-11-5-7-12(8-6-11)14(17(4,15)16)10-9-13(2)3/h5-8H,9-10H2,1-4H3. The molecule has 0 spiro atoms. The first-order valence-electron chi connectivity index (χ1n) is 5.50. The highest BCUT2D eigenvalue weighted by molar-refractivity contribution is 7.92. The zero-order valence-electron chi connectivity index (χ0n) is 10.8. The highest BCUT2D eigenvalue weighted by Crippen LogP contribution is 2.17. The fourth-order valence-corrected chi connectivity index (χ4v) is 2.41. The molecule has 0 radical (unpaired) electrons. The molecule has 1 aromatic rings. The van der Waals surface area contributed by atoms with E-state index in [0.29, 0.717) is 13.1 Å². The average Bonchev–Trinajstić information content (AvgIpc) is 2.18. The molecule has 0 amide bonds. The van der Waals surface area contributed by atoms with Crippen LogP contribution in [0.15, 0.2) is 24.3 Å². The van der Waals surface area contributed by atoms with Crippen molar-refractivity contribution in [2.75, 3.05) is 37.7 Å². The summed E-state index contributed by atoms with van der Waals surface area (Å²) < 4.78 is 24.9. The van der Waals surface area contributed by atoms with Gasteiger partial charge in [-0.2, -0.15) is 0 Å². The van der Waals surface area contributed by atoms with E-state index in [9.17, 15) is 8.42 Å². The van der Waals surface area contributed by atoms with Crippen LogP contribution in [0.5, 0.6) is 0 Å². The Balaban J connectivity index is 2.95. The maximum atomic E-state index is 11.7. The molecule has 96 valence electrons. The Bertz CT molecular complexity index is 452. The summed E-state index contributed by atoms with van der Waals surface area (Å²) in [4.78, 5) is 1.96. The average molecular weight is 256 g/mol. The Labute approximate surface area is 104 Å². The fraction of sp³-hybridized carbons (Fsp3) is 0.500. The minimum absolute atomic E-state index is 0.467. The summed E-state index contributed by atoms with van der Waals surface area (Å²) in [7, 11) is 0.633. The van der Waals surface area contributed by atoms with Gasteiger partial charge in [0, 0.05) is 13.1 Å². The molecule has 0 aliphatic heterocycles. The smallest absolute Gasteiger partial charge is 0.232 e. The molecular weight excluding hydrogens is 236 g/mol. The van der Waals surface area contributed by atoms with Crippen molar-refractivity contribution < 1.29 is 8.42 Å². The van der Waals surface area contributed by atoms with Gasteiger partial charge >= 0.3 is 0 Å². The third kappa shape index (κ3) is 4.36. The van der Waals surface area contributed by atoms with Crippen LogP contribution in [-0.4, -0.2) is 46.8 Å². The van der Waals surface area contributed by atoms with Crippen LogP contribution < -0.4 is 4.31 Å². The van der Waals surface area contributed by atoms with Gasteiger partial charge < -0.3 is 4.90 Å². The van der Waals surface area contributed by atoms with Crippen LogP contribution in [0, 0.1) is 6.92 Å². The largest absolute Gasteiger partial charge is 0.308 e. The molecule has 0 aliphatic rings. The zero-order chi connectivity index (χ0) is 13.1. The molecule has 0 aromatic heterocycles. The van der Waals surface area contributed by atoms with Crippen molar-refractivity contribution >= 4 is 15.7 Å². The van der Waals surface area contributed by atoms with Crippen LogP contribution in [0.25, 0.3) is 0 Å². The van der Waals surface area contributed by atoms with Gasteiger partial charge in [-0.1, -0.05) is 17.7 Å². The highest BCUT2D eigenvalue weighted by Gasteiger charge is 2.16. The van der Waals surface area contributed by atoms with Crippen LogP contribution in [-0.2, 0) is 10.0 Å². The Morgan fingerprint density at radius 2 is 1.59 bits per heavy atom. The summed E-state index contributed by atoms with van der Waals surface area (Å²) in [6.45, 7) is 3.14. The van der Waals surface area contributed by atoms with E-state index in [1.807, 2.05) is 50.2 Å². The van der Waals surface area contributed by atoms with Crippen LogP contribution in [0.3, 0.4) is 0 Å². The predicted octanol–water partition coefficient (Wildman–Crippen LogP) is 1.32. The van der Waals surface area contributed by atoms with E-state index in [1.165, 1.54) is 10.6 Å². The van der Waals surface area contributed by atoms with Crippen LogP contribution in [0.4, 0.5) is 5.69 Å². The molecular formula is C12H20N2O2S. The van der Waals surface area contributed by atoms with Crippen molar-refractivity contribution in [1.29, 1.82) is 0 Å². The van der Waals surface area contributed by atoms with Crippen molar-refractivity contribution in [2.45, 2.75) is 6.92 Å². The molecule has 4 nitrogen and oxygen atoms in total. The number of anilines is 1. The molecule has 0 saturated carbocycles. The second-order valence-corrected chi connectivity index (χ2v) is 6.38. The number of aryl methyl sites for hydroxylation is 1. The molecule has 1 rings (SSSR count). The van der Waals surface area contributed by atoms with Gasteiger partial charge in [-0.25, -0.2) is 8.42 Å². The minimum Gasteiger partial charge on any atom is -0.308 e. The summed E-state index contributed by atoms with van der Waals surface area (Å²) in [5, 5.41) is 0. The van der Waals surface area contributed by atoms with Crippen LogP contribution >= 0.6 is 0 Å². The Hall–Kier alpha value is -1.07. The number of hydrogen-bond acceptors (Lipinski definition) is 3. The zero-order valence-corrected chi connectivity index (χ0v) is 11.7. The highest BCUT2D eigenvalue weighted by atomic mass is 32.2. The molecule has 0 N–H and O–H groups in total. The van der Waals surface area contributed by atoms with E-state index < -0.39 is 10.0 Å². The van der Waals surface area contributed by atoms with Crippen LogP contribution in [0.2, 0.25) is 0 Å². The summed E-state index contributed by atoms with van der Waals surface area (Å²) in [5.74, 6) is 0. The van der Waals surface area contributed by atoms with E-state index in [-0.39, 0.29) is 0 Å². The maximum absolute atomic E-state index is 11.7. The summed E-state index contributed by atoms with van der Waals surface area (Å²) in [5.41, 5.74) is 1.84. The second-order valence-electron chi connectivity index (χ2n) is 4.47. The third-order valence-electron chi connectivity index (χ3n) is 2.47. The molecule has 0 heterocycles. The van der Waals surface area contributed by atoms with Gasteiger partial charge in [-0.3, -0.25) is 4.31 Å². The van der Waals surface area contributed by atoms with Gasteiger partial charge in [0.05, 0.1) is 11.9 Å². The first-order chi connectivity index (χ1) is 7.80. The molecule has 0 bridgehead atoms. The van der Waals surface area contributed by atoms with Crippen LogP contribution in [0.1, 0.15) is 5.56 Å². The molecule has 0 atom stereocenters. The Morgan fingerprint density at radius 1 is 1.06 bits per heavy atom. The first-order valence-corrected chi connectivity index (χ1v) is 7.34. The summed E-state index contributed by atoms with van der Waals surface area (Å²) in [6.07, 6.45) is 1.24. The van der Waals surface area contributed by atoms with E-state index in [1.54, 1.807) is 0 Å². The quantitative estimate of drug-likeness (QED) is 0.798. The van der Waals surface area contributed by atoms with E-state index >= 15 is 0 Å². The van der Waals surface area contributed by atoms with Gasteiger partial charge in [0.1, 0.15) is 0 Å². The third-order valence-corrected chi connectivity index (χ3v) is 3.67. The lowest BCUT2D eigenvalue weighted by Gasteiger charge is -2.24. The lowest BCUT2D eigenvalue weighted by Crippen LogP contribution is -2.35. The van der Waals surface area contributed by atoms with E-state index in [4.69, 9.17) is 0 Å². The Kier molecular flexibility index (Phi) is 4.54. The lowest BCUT2D eigenvalue weighted by atomic mass is 10.2. The van der Waals surface area contributed by atoms with Crippen molar-refractivity contribution in [3.05, 3.63) is 29.8 Å². The Morgan fingerprint density at radius 3 is 2.00 bits per heavy atom. The number of nitrogens with zero attached hydrogens (tertiary/aromatic N) is 2. The van der Waals surface area contributed by atoms with Crippen molar-refractivity contribution in [3.8, 4) is 0 Å². The van der Waals surface area contributed by atoms with Gasteiger partial charge in [-0.15, -0.1) is 0 Å². The van der Waals surface area contributed by atoms with Crippen molar-refractivity contribution in [3.63, 3.8) is 0 Å². The fourth-order valence-electron chi connectivity index (χ4n) is 1.49. The molecule has 0 aliphatic carbocycles. The predicted molar refractivity (Wildman–Crippen MR) is 71.9 cm³/mol. The molecule has 5 heteroatoms. The minimum atomic E-state index is -3.22. The van der Waals surface area contributed by atoms with E-state index in [0.717, 1.165) is 11.3 Å². The molecule has 17 heavy (non-hydrogen) atoms. The maximum Gasteiger partial charge on any atom is 0.232 e. The van der Waals surface area contributed by atoms with Crippen molar-refractivity contribution in [2.24, 2.45) is 0 Å². The monoisotopic (exact) mass is 256 g/mol. The number of hydrogen-bond donors (Lipinski definition) is 0. The molecule has 1 aromatic carbocycles. The number of rotatable bonds is 5. The lowest BCUT2D eigenvalue weighted by molar-refractivity contribution is 0.419. The van der Waals surface area contributed by atoms with Gasteiger partial charge in [-0.05, 0) is 33.2 Å². The number of benzene rings is 1. The first kappa shape index (κ1) is 14.0.